The minimum Gasteiger partial charge on any atom is -0.382 e. The Kier molecular flexibility index (Phi) is 5.51. The highest BCUT2D eigenvalue weighted by atomic mass is 15.2. The SMILES string of the molecule is CCCCCCCNc1ccc(N)nn1. The highest BCUT2D eigenvalue weighted by Gasteiger charge is 1.94. The summed E-state index contributed by atoms with van der Waals surface area (Å²) in [6.07, 6.45) is 6.42. The minimum atomic E-state index is 0.462. The van der Waals surface area contributed by atoms with Gasteiger partial charge in [-0.1, -0.05) is 32.6 Å². The number of rotatable bonds is 7. The molecule has 0 spiro atoms. The largest absolute Gasteiger partial charge is 0.382 e. The summed E-state index contributed by atoms with van der Waals surface area (Å²) in [5.74, 6) is 1.27. The van der Waals surface area contributed by atoms with Crippen molar-refractivity contribution < 1.29 is 0 Å². The summed E-state index contributed by atoms with van der Waals surface area (Å²) in [5, 5.41) is 10.9. The summed E-state index contributed by atoms with van der Waals surface area (Å²) in [6, 6.07) is 3.61. The summed E-state index contributed by atoms with van der Waals surface area (Å²) in [7, 11) is 0. The highest BCUT2D eigenvalue weighted by molar-refractivity contribution is 5.38. The zero-order valence-corrected chi connectivity index (χ0v) is 9.37. The minimum absolute atomic E-state index is 0.462. The molecule has 0 unspecified atom stereocenters. The van der Waals surface area contributed by atoms with E-state index < -0.39 is 0 Å². The number of unbranched alkanes of at least 4 members (excludes halogenated alkanes) is 4. The van der Waals surface area contributed by atoms with E-state index in [2.05, 4.69) is 22.4 Å². The van der Waals surface area contributed by atoms with Gasteiger partial charge in [-0.05, 0) is 18.6 Å². The smallest absolute Gasteiger partial charge is 0.148 e. The molecule has 0 saturated heterocycles. The monoisotopic (exact) mass is 208 g/mol. The molecule has 1 aromatic heterocycles. The van der Waals surface area contributed by atoms with Crippen LogP contribution in [0.4, 0.5) is 11.6 Å². The number of nitrogens with zero attached hydrogens (tertiary/aromatic N) is 2. The molecule has 0 aliphatic carbocycles. The molecule has 4 heteroatoms. The van der Waals surface area contributed by atoms with Crippen molar-refractivity contribution in [2.45, 2.75) is 39.0 Å². The summed E-state index contributed by atoms with van der Waals surface area (Å²) in [4.78, 5) is 0. The van der Waals surface area contributed by atoms with Gasteiger partial charge in [0.2, 0.25) is 0 Å². The fourth-order valence-electron chi connectivity index (χ4n) is 1.38. The molecule has 4 nitrogen and oxygen atoms in total. The maximum Gasteiger partial charge on any atom is 0.148 e. The van der Waals surface area contributed by atoms with E-state index in [9.17, 15) is 0 Å². The average molecular weight is 208 g/mol. The summed E-state index contributed by atoms with van der Waals surface area (Å²) >= 11 is 0. The van der Waals surface area contributed by atoms with E-state index in [0.29, 0.717) is 5.82 Å². The van der Waals surface area contributed by atoms with Crippen LogP contribution in [0, 0.1) is 0 Å². The van der Waals surface area contributed by atoms with Crippen LogP contribution in [-0.2, 0) is 0 Å². The Morgan fingerprint density at radius 1 is 1.13 bits per heavy atom. The van der Waals surface area contributed by atoms with Crippen LogP contribution in [0.1, 0.15) is 39.0 Å². The van der Waals surface area contributed by atoms with Crippen molar-refractivity contribution in [1.29, 1.82) is 0 Å². The van der Waals surface area contributed by atoms with E-state index in [1.807, 2.05) is 6.07 Å². The third-order valence-electron chi connectivity index (χ3n) is 2.27. The van der Waals surface area contributed by atoms with E-state index in [1.54, 1.807) is 6.07 Å². The number of hydrogen-bond donors (Lipinski definition) is 2. The lowest BCUT2D eigenvalue weighted by Gasteiger charge is -2.04. The zero-order chi connectivity index (χ0) is 10.9. The van der Waals surface area contributed by atoms with E-state index in [-0.39, 0.29) is 0 Å². The lowest BCUT2D eigenvalue weighted by Crippen LogP contribution is -2.04. The second kappa shape index (κ2) is 7.04. The lowest BCUT2D eigenvalue weighted by molar-refractivity contribution is 0.644. The van der Waals surface area contributed by atoms with Crippen LogP contribution in [0.2, 0.25) is 0 Å². The van der Waals surface area contributed by atoms with Crippen molar-refractivity contribution in [2.75, 3.05) is 17.6 Å². The van der Waals surface area contributed by atoms with Crippen molar-refractivity contribution in [3.63, 3.8) is 0 Å². The van der Waals surface area contributed by atoms with Crippen LogP contribution in [-0.4, -0.2) is 16.7 Å². The summed E-state index contributed by atoms with van der Waals surface area (Å²) in [5.41, 5.74) is 5.43. The van der Waals surface area contributed by atoms with Crippen molar-refractivity contribution in [3.8, 4) is 0 Å². The molecule has 84 valence electrons. The quantitative estimate of drug-likeness (QED) is 0.675. The predicted octanol–water partition coefficient (Wildman–Crippen LogP) is 2.44. The Bertz CT molecular complexity index is 258. The van der Waals surface area contributed by atoms with Crippen molar-refractivity contribution in [3.05, 3.63) is 12.1 Å². The predicted molar refractivity (Wildman–Crippen MR) is 63.7 cm³/mol. The molecular weight excluding hydrogens is 188 g/mol. The van der Waals surface area contributed by atoms with Gasteiger partial charge in [0.25, 0.3) is 0 Å². The van der Waals surface area contributed by atoms with E-state index in [1.165, 1.54) is 32.1 Å². The van der Waals surface area contributed by atoms with Gasteiger partial charge < -0.3 is 11.1 Å². The molecule has 1 heterocycles. The number of nitrogen functional groups attached to an aromatic ring is 1. The maximum absolute atomic E-state index is 5.43. The van der Waals surface area contributed by atoms with Gasteiger partial charge in [-0.25, -0.2) is 0 Å². The number of nitrogens with one attached hydrogen (secondary N) is 1. The molecule has 0 bridgehead atoms. The molecule has 1 aromatic rings. The fourth-order valence-corrected chi connectivity index (χ4v) is 1.38. The first-order chi connectivity index (χ1) is 7.33. The molecule has 0 aliphatic rings. The Morgan fingerprint density at radius 2 is 1.93 bits per heavy atom. The molecule has 0 radical (unpaired) electrons. The van der Waals surface area contributed by atoms with E-state index in [4.69, 9.17) is 5.73 Å². The first-order valence-corrected chi connectivity index (χ1v) is 5.66. The third-order valence-corrected chi connectivity index (χ3v) is 2.27. The van der Waals surface area contributed by atoms with Gasteiger partial charge in [0, 0.05) is 6.54 Å². The van der Waals surface area contributed by atoms with Gasteiger partial charge >= 0.3 is 0 Å². The fraction of sp³-hybridized carbons (Fsp3) is 0.636. The highest BCUT2D eigenvalue weighted by Crippen LogP contribution is 2.05. The first kappa shape index (κ1) is 11.8. The average Bonchev–Trinajstić information content (AvgIpc) is 2.26. The molecule has 0 saturated carbocycles. The van der Waals surface area contributed by atoms with Crippen LogP contribution in [0.5, 0.6) is 0 Å². The standard InChI is InChI=1S/C11H20N4/c1-2-3-4-5-6-9-13-11-8-7-10(12)14-15-11/h7-8H,2-6,9H2,1H3,(H2,12,14)(H,13,15). The normalized spacial score (nSPS) is 10.2. The van der Waals surface area contributed by atoms with Crippen molar-refractivity contribution in [1.82, 2.24) is 10.2 Å². The van der Waals surface area contributed by atoms with Gasteiger partial charge in [-0.2, -0.15) is 0 Å². The Balaban J connectivity index is 2.07. The number of nitrogens with two attached hydrogens (primary N) is 1. The van der Waals surface area contributed by atoms with Gasteiger partial charge in [0.15, 0.2) is 0 Å². The topological polar surface area (TPSA) is 63.8 Å². The van der Waals surface area contributed by atoms with Crippen LogP contribution in [0.25, 0.3) is 0 Å². The number of anilines is 2. The molecule has 0 amide bonds. The lowest BCUT2D eigenvalue weighted by atomic mass is 10.1. The Labute approximate surface area is 91.3 Å². The Morgan fingerprint density at radius 3 is 2.60 bits per heavy atom. The van der Waals surface area contributed by atoms with E-state index in [0.717, 1.165) is 12.4 Å². The van der Waals surface area contributed by atoms with E-state index >= 15 is 0 Å². The summed E-state index contributed by atoms with van der Waals surface area (Å²) in [6.45, 7) is 3.19. The molecule has 0 aliphatic heterocycles. The van der Waals surface area contributed by atoms with Crippen LogP contribution >= 0.6 is 0 Å². The van der Waals surface area contributed by atoms with Gasteiger partial charge in [0.05, 0.1) is 0 Å². The number of aromatic nitrogens is 2. The maximum atomic E-state index is 5.43. The summed E-state index contributed by atoms with van der Waals surface area (Å²) < 4.78 is 0. The molecular formula is C11H20N4. The Hall–Kier alpha value is -1.32. The van der Waals surface area contributed by atoms with Crippen LogP contribution in [0.3, 0.4) is 0 Å². The molecule has 0 fully saturated rings. The number of hydrogen-bond acceptors (Lipinski definition) is 4. The van der Waals surface area contributed by atoms with Crippen LogP contribution in [0.15, 0.2) is 12.1 Å². The van der Waals surface area contributed by atoms with Crippen LogP contribution < -0.4 is 11.1 Å². The van der Waals surface area contributed by atoms with Gasteiger partial charge in [0.1, 0.15) is 11.6 Å². The second-order valence-electron chi connectivity index (χ2n) is 3.68. The first-order valence-electron chi connectivity index (χ1n) is 5.66. The zero-order valence-electron chi connectivity index (χ0n) is 9.37. The molecule has 15 heavy (non-hydrogen) atoms. The molecule has 0 aromatic carbocycles. The third kappa shape index (κ3) is 5.20. The van der Waals surface area contributed by atoms with Crippen molar-refractivity contribution in [2.24, 2.45) is 0 Å². The second-order valence-corrected chi connectivity index (χ2v) is 3.68. The molecule has 0 atom stereocenters. The van der Waals surface area contributed by atoms with Gasteiger partial charge in [-0.3, -0.25) is 0 Å². The van der Waals surface area contributed by atoms with Crippen molar-refractivity contribution >= 4 is 11.6 Å². The molecule has 1 rings (SSSR count). The molecule has 3 N–H and O–H groups in total. The van der Waals surface area contributed by atoms with Gasteiger partial charge in [-0.15, -0.1) is 10.2 Å².